The van der Waals surface area contributed by atoms with Crippen LogP contribution in [0, 0.1) is 5.82 Å². The summed E-state index contributed by atoms with van der Waals surface area (Å²) >= 11 is 0. The van der Waals surface area contributed by atoms with Gasteiger partial charge in [0.05, 0.1) is 6.42 Å². The minimum Gasteiger partial charge on any atom is -0.460 e. The first-order chi connectivity index (χ1) is 8.26. The second-order valence-corrected chi connectivity index (χ2v) is 5.34. The molecule has 3 nitrogen and oxygen atoms in total. The summed E-state index contributed by atoms with van der Waals surface area (Å²) in [6.07, 6.45) is 0.272. The van der Waals surface area contributed by atoms with E-state index in [-0.39, 0.29) is 24.2 Å². The maximum Gasteiger partial charge on any atom is 0.308 e. The van der Waals surface area contributed by atoms with Gasteiger partial charge in [0.2, 0.25) is 0 Å². The van der Waals surface area contributed by atoms with Crippen LogP contribution in [-0.4, -0.2) is 17.6 Å². The molecule has 0 aliphatic rings. The molecule has 1 aromatic carbocycles. The third-order valence-corrected chi connectivity index (χ3v) is 2.15. The van der Waals surface area contributed by atoms with Crippen molar-refractivity contribution >= 4 is 11.7 Å². The highest BCUT2D eigenvalue weighted by Crippen LogP contribution is 2.13. The second-order valence-electron chi connectivity index (χ2n) is 5.34. The molecule has 0 saturated carbocycles. The molecule has 18 heavy (non-hydrogen) atoms. The monoisotopic (exact) mass is 253 g/mol. The van der Waals surface area contributed by atoms with E-state index in [1.54, 1.807) is 12.1 Å². The molecule has 0 heterocycles. The number of esters is 1. The molecular weight excluding hydrogens is 233 g/mol. The minimum absolute atomic E-state index is 0.0645. The molecule has 1 N–H and O–H groups in total. The predicted molar refractivity (Wildman–Crippen MR) is 69.9 cm³/mol. The smallest absolute Gasteiger partial charge is 0.308 e. The molecule has 0 aliphatic heterocycles. The number of halogens is 1. The van der Waals surface area contributed by atoms with Crippen LogP contribution >= 0.6 is 0 Å². The number of anilines is 1. The van der Waals surface area contributed by atoms with E-state index in [0.717, 1.165) is 5.69 Å². The number of rotatable bonds is 4. The molecule has 0 saturated heterocycles. The Morgan fingerprint density at radius 3 is 2.39 bits per heavy atom. The lowest BCUT2D eigenvalue weighted by atomic mass is 10.1. The Morgan fingerprint density at radius 1 is 1.33 bits per heavy atom. The van der Waals surface area contributed by atoms with Crippen LogP contribution in [0.5, 0.6) is 0 Å². The average molecular weight is 253 g/mol. The van der Waals surface area contributed by atoms with Crippen molar-refractivity contribution in [3.8, 4) is 0 Å². The Kier molecular flexibility index (Phi) is 4.70. The predicted octanol–water partition coefficient (Wildman–Crippen LogP) is 3.36. The number of hydrogen-bond donors (Lipinski definition) is 1. The van der Waals surface area contributed by atoms with Crippen molar-refractivity contribution < 1.29 is 13.9 Å². The molecule has 0 unspecified atom stereocenters. The number of carbonyl (C=O) groups excluding carboxylic acids is 1. The third-order valence-electron chi connectivity index (χ3n) is 2.15. The fraction of sp³-hybridized carbons (Fsp3) is 0.500. The Morgan fingerprint density at radius 2 is 1.89 bits per heavy atom. The van der Waals surface area contributed by atoms with E-state index < -0.39 is 5.60 Å². The lowest BCUT2D eigenvalue weighted by Crippen LogP contribution is -2.28. The number of nitrogens with one attached hydrogen (secondary N) is 1. The van der Waals surface area contributed by atoms with Crippen molar-refractivity contribution in [2.45, 2.75) is 45.8 Å². The first-order valence-electron chi connectivity index (χ1n) is 6.00. The molecule has 0 spiro atoms. The van der Waals surface area contributed by atoms with E-state index in [1.807, 2.05) is 27.7 Å². The van der Waals surface area contributed by atoms with Crippen LogP contribution < -0.4 is 5.32 Å². The van der Waals surface area contributed by atoms with E-state index >= 15 is 0 Å². The van der Waals surface area contributed by atoms with Gasteiger partial charge in [0, 0.05) is 11.7 Å². The molecule has 100 valence electrons. The first kappa shape index (κ1) is 14.5. The van der Waals surface area contributed by atoms with Gasteiger partial charge in [-0.05, 0) is 52.0 Å². The molecule has 4 heteroatoms. The fourth-order valence-electron chi connectivity index (χ4n) is 1.51. The van der Waals surface area contributed by atoms with Gasteiger partial charge in [0.1, 0.15) is 11.4 Å². The van der Waals surface area contributed by atoms with Crippen molar-refractivity contribution in [2.24, 2.45) is 0 Å². The number of ether oxygens (including phenoxy) is 1. The summed E-state index contributed by atoms with van der Waals surface area (Å²) in [5.41, 5.74) is 0.319. The SMILES string of the molecule is C[C@H](CC(=O)OC(C)(C)C)Nc1ccc(F)cc1. The highest BCUT2D eigenvalue weighted by atomic mass is 19.1. The highest BCUT2D eigenvalue weighted by Gasteiger charge is 2.18. The van der Waals surface area contributed by atoms with E-state index in [9.17, 15) is 9.18 Å². The van der Waals surface area contributed by atoms with Crippen molar-refractivity contribution in [1.29, 1.82) is 0 Å². The van der Waals surface area contributed by atoms with Gasteiger partial charge < -0.3 is 10.1 Å². The lowest BCUT2D eigenvalue weighted by molar-refractivity contribution is -0.154. The van der Waals surface area contributed by atoms with Gasteiger partial charge in [0.15, 0.2) is 0 Å². The molecule has 0 amide bonds. The second kappa shape index (κ2) is 5.85. The van der Waals surface area contributed by atoms with Gasteiger partial charge in [-0.25, -0.2) is 4.39 Å². The largest absolute Gasteiger partial charge is 0.460 e. The Hall–Kier alpha value is -1.58. The minimum atomic E-state index is -0.466. The van der Waals surface area contributed by atoms with Crippen LogP contribution in [-0.2, 0) is 9.53 Å². The van der Waals surface area contributed by atoms with Crippen molar-refractivity contribution in [2.75, 3.05) is 5.32 Å². The van der Waals surface area contributed by atoms with E-state index in [2.05, 4.69) is 5.32 Å². The van der Waals surface area contributed by atoms with Crippen LogP contribution in [0.4, 0.5) is 10.1 Å². The molecular formula is C14H20FNO2. The summed E-state index contributed by atoms with van der Waals surface area (Å²) in [5, 5.41) is 3.12. The normalized spacial score (nSPS) is 12.9. The van der Waals surface area contributed by atoms with Gasteiger partial charge in [-0.2, -0.15) is 0 Å². The summed E-state index contributed by atoms with van der Waals surface area (Å²) in [6.45, 7) is 7.39. The molecule has 1 atom stereocenters. The van der Waals surface area contributed by atoms with Gasteiger partial charge in [-0.15, -0.1) is 0 Å². The van der Waals surface area contributed by atoms with Crippen LogP contribution in [0.2, 0.25) is 0 Å². The van der Waals surface area contributed by atoms with E-state index in [1.165, 1.54) is 12.1 Å². The van der Waals surface area contributed by atoms with Crippen molar-refractivity contribution in [1.82, 2.24) is 0 Å². The Balaban J connectivity index is 2.44. The zero-order valence-electron chi connectivity index (χ0n) is 11.3. The van der Waals surface area contributed by atoms with Crippen molar-refractivity contribution in [3.05, 3.63) is 30.1 Å². The van der Waals surface area contributed by atoms with Crippen LogP contribution in [0.15, 0.2) is 24.3 Å². The van der Waals surface area contributed by atoms with E-state index in [0.29, 0.717) is 0 Å². The summed E-state index contributed by atoms with van der Waals surface area (Å²) in [4.78, 5) is 11.6. The maximum absolute atomic E-state index is 12.7. The fourth-order valence-corrected chi connectivity index (χ4v) is 1.51. The number of hydrogen-bond acceptors (Lipinski definition) is 3. The maximum atomic E-state index is 12.7. The van der Waals surface area contributed by atoms with Crippen LogP contribution in [0.1, 0.15) is 34.1 Å². The number of carbonyl (C=O) groups is 1. The highest BCUT2D eigenvalue weighted by molar-refractivity contribution is 5.71. The zero-order valence-corrected chi connectivity index (χ0v) is 11.3. The lowest BCUT2D eigenvalue weighted by Gasteiger charge is -2.21. The van der Waals surface area contributed by atoms with E-state index in [4.69, 9.17) is 4.74 Å². The van der Waals surface area contributed by atoms with Gasteiger partial charge >= 0.3 is 5.97 Å². The molecule has 0 radical (unpaired) electrons. The standard InChI is InChI=1S/C14H20FNO2/c1-10(9-13(17)18-14(2,3)4)16-12-7-5-11(15)6-8-12/h5-8,10,16H,9H2,1-4H3/t10-/m1/s1. The zero-order chi connectivity index (χ0) is 13.8. The van der Waals surface area contributed by atoms with Crippen LogP contribution in [0.25, 0.3) is 0 Å². The van der Waals surface area contributed by atoms with Gasteiger partial charge in [0.25, 0.3) is 0 Å². The summed E-state index contributed by atoms with van der Waals surface area (Å²) in [5.74, 6) is -0.523. The van der Waals surface area contributed by atoms with Crippen molar-refractivity contribution in [3.63, 3.8) is 0 Å². The Bertz CT molecular complexity index is 395. The van der Waals surface area contributed by atoms with Crippen LogP contribution in [0.3, 0.4) is 0 Å². The summed E-state index contributed by atoms with van der Waals surface area (Å²) in [7, 11) is 0. The van der Waals surface area contributed by atoms with Gasteiger partial charge in [-0.1, -0.05) is 0 Å². The summed E-state index contributed by atoms with van der Waals surface area (Å²) < 4.78 is 17.9. The Labute approximate surface area is 107 Å². The topological polar surface area (TPSA) is 38.3 Å². The molecule has 0 aromatic heterocycles. The first-order valence-corrected chi connectivity index (χ1v) is 6.00. The average Bonchev–Trinajstić information content (AvgIpc) is 2.18. The molecule has 0 aliphatic carbocycles. The number of benzene rings is 1. The van der Waals surface area contributed by atoms with Gasteiger partial charge in [-0.3, -0.25) is 4.79 Å². The summed E-state index contributed by atoms with van der Waals surface area (Å²) in [6, 6.07) is 5.97. The molecule has 1 rings (SSSR count). The molecule has 0 bridgehead atoms. The quantitative estimate of drug-likeness (QED) is 0.836. The molecule has 0 fully saturated rings. The third kappa shape index (κ3) is 5.66. The molecule has 1 aromatic rings.